The first kappa shape index (κ1) is 36.3. The Morgan fingerprint density at radius 2 is 1.50 bits per heavy atom. The van der Waals surface area contributed by atoms with E-state index in [1.54, 1.807) is 73.3 Å². The molecule has 0 aliphatic carbocycles. The van der Waals surface area contributed by atoms with Crippen molar-refractivity contribution in [1.82, 2.24) is 10.2 Å². The molecule has 252 valence electrons. The third-order valence-corrected chi connectivity index (χ3v) is 8.62. The number of amides is 2. The number of carboxylic acids is 2. The van der Waals surface area contributed by atoms with Crippen molar-refractivity contribution in [3.8, 4) is 11.5 Å². The Morgan fingerprint density at radius 1 is 0.891 bits per heavy atom. The maximum Gasteiger partial charge on any atom is 0.410 e. The SMILES string of the molecule is CC(C)(C)OC(=O)N1CCc2sc(C(=O)NCC(=O)c3cc(OCC(=O)[O-])cc(OC(C(=O)[O-])(C(C)(C)C)C(C)(C)C)c3)cc2C1. The van der Waals surface area contributed by atoms with Crippen molar-refractivity contribution >= 4 is 41.1 Å². The van der Waals surface area contributed by atoms with Crippen LogP contribution >= 0.6 is 11.3 Å². The quantitative estimate of drug-likeness (QED) is 0.374. The summed E-state index contributed by atoms with van der Waals surface area (Å²) < 4.78 is 16.9. The van der Waals surface area contributed by atoms with Gasteiger partial charge >= 0.3 is 6.09 Å². The molecule has 0 spiro atoms. The number of aliphatic carboxylic acids is 2. The zero-order valence-corrected chi connectivity index (χ0v) is 28.6. The molecule has 0 fully saturated rings. The number of hydrogen-bond donors (Lipinski definition) is 1. The van der Waals surface area contributed by atoms with Crippen LogP contribution in [0, 0.1) is 10.8 Å². The molecule has 13 heteroatoms. The zero-order valence-electron chi connectivity index (χ0n) is 27.8. The average Bonchev–Trinajstić information content (AvgIpc) is 3.34. The Kier molecular flexibility index (Phi) is 10.5. The van der Waals surface area contributed by atoms with Crippen LogP contribution in [0.4, 0.5) is 4.79 Å². The number of nitrogens with zero attached hydrogens (tertiary/aromatic N) is 1. The molecule has 1 aliphatic rings. The summed E-state index contributed by atoms with van der Waals surface area (Å²) in [7, 11) is 0. The van der Waals surface area contributed by atoms with Gasteiger partial charge in [-0.15, -0.1) is 11.3 Å². The van der Waals surface area contributed by atoms with Crippen LogP contribution in [0.25, 0.3) is 0 Å². The normalized spacial score (nSPS) is 13.8. The van der Waals surface area contributed by atoms with E-state index in [9.17, 15) is 34.2 Å². The molecule has 0 unspecified atom stereocenters. The van der Waals surface area contributed by atoms with Crippen molar-refractivity contribution in [3.63, 3.8) is 0 Å². The first-order chi connectivity index (χ1) is 21.0. The largest absolute Gasteiger partial charge is 0.546 e. The maximum atomic E-state index is 13.3. The number of nitrogens with one attached hydrogen (secondary N) is 1. The third-order valence-electron chi connectivity index (χ3n) is 7.38. The van der Waals surface area contributed by atoms with E-state index in [1.165, 1.54) is 29.5 Å². The number of carboxylic acid groups (broad SMARTS) is 2. The predicted octanol–water partition coefficient (Wildman–Crippen LogP) is 2.74. The van der Waals surface area contributed by atoms with E-state index in [1.807, 2.05) is 0 Å². The molecule has 1 aromatic heterocycles. The van der Waals surface area contributed by atoms with E-state index in [4.69, 9.17) is 14.2 Å². The highest BCUT2D eigenvalue weighted by Gasteiger charge is 2.54. The summed E-state index contributed by atoms with van der Waals surface area (Å²) in [5.74, 6) is -4.18. The summed E-state index contributed by atoms with van der Waals surface area (Å²) in [4.78, 5) is 65.5. The Bertz CT molecular complexity index is 1490. The molecule has 0 atom stereocenters. The lowest BCUT2D eigenvalue weighted by Gasteiger charge is -2.53. The number of Topliss-reactive ketones (excluding diaryl/α,β-unsaturated/α-hetero) is 1. The van der Waals surface area contributed by atoms with Crippen molar-refractivity contribution in [2.24, 2.45) is 10.8 Å². The van der Waals surface area contributed by atoms with Gasteiger partial charge in [-0.1, -0.05) is 41.5 Å². The van der Waals surface area contributed by atoms with Gasteiger partial charge in [0.2, 0.25) is 0 Å². The fraction of sp³-hybridized carbons (Fsp3) is 0.545. The van der Waals surface area contributed by atoms with Gasteiger partial charge in [0.05, 0.1) is 29.9 Å². The summed E-state index contributed by atoms with van der Waals surface area (Å²) in [6, 6.07) is 5.55. The summed E-state index contributed by atoms with van der Waals surface area (Å²) in [6.45, 7) is 15.0. The van der Waals surface area contributed by atoms with Crippen molar-refractivity contribution in [2.45, 2.75) is 86.5 Å². The first-order valence-electron chi connectivity index (χ1n) is 14.8. The van der Waals surface area contributed by atoms with E-state index in [2.05, 4.69) is 5.32 Å². The summed E-state index contributed by atoms with van der Waals surface area (Å²) >= 11 is 1.28. The van der Waals surface area contributed by atoms with Gasteiger partial charge in [-0.3, -0.25) is 9.59 Å². The molecular formula is C33H42N2O10S-2. The predicted molar refractivity (Wildman–Crippen MR) is 166 cm³/mol. The topological polar surface area (TPSA) is 174 Å². The molecule has 2 heterocycles. The van der Waals surface area contributed by atoms with Gasteiger partial charge in [-0.25, -0.2) is 4.79 Å². The number of rotatable bonds is 10. The fourth-order valence-corrected chi connectivity index (χ4v) is 6.64. The first-order valence-corrected chi connectivity index (χ1v) is 15.6. The lowest BCUT2D eigenvalue weighted by atomic mass is 9.62. The van der Waals surface area contributed by atoms with Crippen LogP contribution < -0.4 is 25.0 Å². The number of hydrogen-bond acceptors (Lipinski definition) is 11. The van der Waals surface area contributed by atoms with Crippen LogP contribution in [0.3, 0.4) is 0 Å². The lowest BCUT2D eigenvalue weighted by molar-refractivity contribution is -0.337. The molecule has 0 radical (unpaired) electrons. The number of thiophene rings is 1. The van der Waals surface area contributed by atoms with Crippen molar-refractivity contribution in [1.29, 1.82) is 0 Å². The smallest absolute Gasteiger partial charge is 0.410 e. The second kappa shape index (κ2) is 13.3. The average molecular weight is 659 g/mol. The van der Waals surface area contributed by atoms with E-state index in [-0.39, 0.29) is 17.1 Å². The minimum Gasteiger partial charge on any atom is -0.546 e. The number of fused-ring (bicyclic) bond motifs is 1. The van der Waals surface area contributed by atoms with Crippen LogP contribution in [0.2, 0.25) is 0 Å². The minimum absolute atomic E-state index is 0.0142. The Morgan fingerprint density at radius 3 is 2.04 bits per heavy atom. The molecule has 3 rings (SSSR count). The number of carbonyl (C=O) groups is 5. The Balaban J connectivity index is 1.82. The van der Waals surface area contributed by atoms with E-state index >= 15 is 0 Å². The summed E-state index contributed by atoms with van der Waals surface area (Å²) in [5, 5.41) is 26.3. The van der Waals surface area contributed by atoms with Gasteiger partial charge in [0.15, 0.2) is 11.4 Å². The molecule has 46 heavy (non-hydrogen) atoms. The lowest BCUT2D eigenvalue weighted by Crippen LogP contribution is -2.67. The number of ether oxygens (including phenoxy) is 3. The van der Waals surface area contributed by atoms with Crippen molar-refractivity contribution in [3.05, 3.63) is 45.1 Å². The number of carbonyl (C=O) groups excluding carboxylic acids is 5. The zero-order chi connectivity index (χ0) is 34.8. The summed E-state index contributed by atoms with van der Waals surface area (Å²) in [5.41, 5.74) is -3.70. The van der Waals surface area contributed by atoms with Crippen LogP contribution in [-0.2, 0) is 27.3 Å². The Labute approximate surface area is 273 Å². The van der Waals surface area contributed by atoms with Crippen molar-refractivity contribution in [2.75, 3.05) is 19.7 Å². The molecule has 0 saturated carbocycles. The number of ketones is 1. The monoisotopic (exact) mass is 658 g/mol. The highest BCUT2D eigenvalue weighted by atomic mass is 32.1. The van der Waals surface area contributed by atoms with E-state index in [0.717, 1.165) is 10.4 Å². The van der Waals surface area contributed by atoms with Crippen LogP contribution in [-0.4, -0.2) is 65.5 Å². The molecular weight excluding hydrogens is 616 g/mol. The van der Waals surface area contributed by atoms with Gasteiger partial charge in [0.25, 0.3) is 5.91 Å². The van der Waals surface area contributed by atoms with Gasteiger partial charge in [-0.2, -0.15) is 0 Å². The van der Waals surface area contributed by atoms with Gasteiger partial charge in [0, 0.05) is 33.9 Å². The van der Waals surface area contributed by atoms with Crippen molar-refractivity contribution < 1.29 is 48.4 Å². The highest BCUT2D eigenvalue weighted by Crippen LogP contribution is 2.47. The fourth-order valence-electron chi connectivity index (χ4n) is 5.56. The van der Waals surface area contributed by atoms with E-state index in [0.29, 0.717) is 24.4 Å². The molecule has 0 bridgehead atoms. The molecule has 12 nitrogen and oxygen atoms in total. The second-order valence-electron chi connectivity index (χ2n) is 14.2. The molecule has 1 aliphatic heterocycles. The van der Waals surface area contributed by atoms with Crippen LogP contribution in [0.15, 0.2) is 24.3 Å². The van der Waals surface area contributed by atoms with Gasteiger partial charge in [-0.05, 0) is 51.0 Å². The standard InChI is InChI=1S/C33H44N2O10S/c1-30(2,3)33(28(40)41,31(4,5)6)44-22-13-19(12-21(15-22)43-18-26(37)38)23(36)16-34-27(39)25-14-20-17-35(11-10-24(20)46-25)29(42)45-32(7,8)9/h12-15H,10-11,16-18H2,1-9H3,(H,34,39)(H,37,38)(H,40,41)/p-2. The molecule has 2 amide bonds. The molecule has 0 saturated heterocycles. The second-order valence-corrected chi connectivity index (χ2v) is 15.4. The highest BCUT2D eigenvalue weighted by molar-refractivity contribution is 7.14. The molecule has 1 aromatic carbocycles. The number of benzene rings is 1. The third kappa shape index (κ3) is 8.36. The summed E-state index contributed by atoms with van der Waals surface area (Å²) in [6.07, 6.45) is 0.126. The van der Waals surface area contributed by atoms with Gasteiger partial charge < -0.3 is 44.2 Å². The maximum absolute atomic E-state index is 13.3. The van der Waals surface area contributed by atoms with Gasteiger partial charge in [0.1, 0.15) is 23.7 Å². The molecule has 2 aromatic rings. The molecule has 1 N–H and O–H groups in total. The van der Waals surface area contributed by atoms with E-state index < -0.39 is 64.9 Å². The Hall–Kier alpha value is -4.13. The minimum atomic E-state index is -1.89. The van der Waals surface area contributed by atoms with Crippen LogP contribution in [0.5, 0.6) is 11.5 Å². The van der Waals surface area contributed by atoms with Crippen LogP contribution in [0.1, 0.15) is 92.8 Å².